The average molecular weight is 518 g/mol. The second-order valence-electron chi connectivity index (χ2n) is 9.23. The van der Waals surface area contributed by atoms with Crippen molar-refractivity contribution in [2.45, 2.75) is 13.0 Å². The summed E-state index contributed by atoms with van der Waals surface area (Å²) in [6.07, 6.45) is 3.81. The molecule has 4 aromatic rings. The minimum absolute atomic E-state index is 0.0630. The highest BCUT2D eigenvalue weighted by molar-refractivity contribution is 6.09. The summed E-state index contributed by atoms with van der Waals surface area (Å²) in [6.45, 7) is 0.292. The summed E-state index contributed by atoms with van der Waals surface area (Å²) in [6, 6.07) is 27.1. The Labute approximate surface area is 224 Å². The van der Waals surface area contributed by atoms with E-state index in [9.17, 15) is 18.8 Å². The molecule has 1 aliphatic rings. The summed E-state index contributed by atoms with van der Waals surface area (Å²) in [4.78, 5) is 36.5. The molecule has 6 heteroatoms. The molecule has 2 N–H and O–H groups in total. The predicted molar refractivity (Wildman–Crippen MR) is 148 cm³/mol. The van der Waals surface area contributed by atoms with Crippen molar-refractivity contribution >= 4 is 34.9 Å². The Morgan fingerprint density at radius 1 is 0.769 bits per heavy atom. The highest BCUT2D eigenvalue weighted by Gasteiger charge is 2.21. The number of carboxylic acids is 1. The van der Waals surface area contributed by atoms with Crippen LogP contribution >= 0.6 is 0 Å². The van der Waals surface area contributed by atoms with E-state index in [2.05, 4.69) is 5.32 Å². The van der Waals surface area contributed by atoms with Crippen LogP contribution in [0.4, 0.5) is 4.39 Å². The molecule has 39 heavy (non-hydrogen) atoms. The maximum Gasteiger partial charge on any atom is 0.335 e. The Bertz CT molecular complexity index is 1620. The number of hydrogen-bond acceptors (Lipinski definition) is 3. The zero-order valence-electron chi connectivity index (χ0n) is 20.9. The minimum Gasteiger partial charge on any atom is -0.478 e. The molecule has 0 heterocycles. The van der Waals surface area contributed by atoms with Crippen molar-refractivity contribution < 1.29 is 23.9 Å². The van der Waals surface area contributed by atoms with Crippen molar-refractivity contribution in [3.05, 3.63) is 148 Å². The van der Waals surface area contributed by atoms with Crippen molar-refractivity contribution in [2.24, 2.45) is 0 Å². The van der Waals surface area contributed by atoms with Gasteiger partial charge in [0.05, 0.1) is 12.0 Å². The summed E-state index contributed by atoms with van der Waals surface area (Å²) in [5, 5.41) is 12.0. The van der Waals surface area contributed by atoms with E-state index in [0.717, 1.165) is 22.3 Å². The monoisotopic (exact) mass is 517 g/mol. The van der Waals surface area contributed by atoms with Crippen molar-refractivity contribution in [1.82, 2.24) is 5.32 Å². The van der Waals surface area contributed by atoms with Gasteiger partial charge in [0.2, 0.25) is 5.91 Å². The molecule has 0 spiro atoms. The van der Waals surface area contributed by atoms with E-state index in [1.54, 1.807) is 42.5 Å². The number of carboxylic acid groups (broad SMARTS) is 1. The molecule has 0 fully saturated rings. The van der Waals surface area contributed by atoms with Crippen LogP contribution < -0.4 is 5.32 Å². The first-order valence-electron chi connectivity index (χ1n) is 12.4. The van der Waals surface area contributed by atoms with Crippen LogP contribution in [-0.4, -0.2) is 22.8 Å². The lowest BCUT2D eigenvalue weighted by Gasteiger charge is -2.09. The molecule has 0 atom stereocenters. The Balaban J connectivity index is 1.27. The maximum absolute atomic E-state index is 14.1. The number of fused-ring (bicyclic) bond motifs is 1. The smallest absolute Gasteiger partial charge is 0.335 e. The first kappa shape index (κ1) is 25.5. The van der Waals surface area contributed by atoms with E-state index in [1.165, 1.54) is 24.3 Å². The summed E-state index contributed by atoms with van der Waals surface area (Å²) in [5.41, 5.74) is 5.99. The molecule has 5 rings (SSSR count). The number of aromatic carboxylic acids is 1. The van der Waals surface area contributed by atoms with Crippen molar-refractivity contribution in [2.75, 3.05) is 0 Å². The van der Waals surface area contributed by atoms with Gasteiger partial charge in [-0.05, 0) is 69.8 Å². The first-order chi connectivity index (χ1) is 18.9. The molecule has 1 amide bonds. The van der Waals surface area contributed by atoms with Crippen LogP contribution in [0.15, 0.2) is 103 Å². The topological polar surface area (TPSA) is 83.5 Å². The van der Waals surface area contributed by atoms with Crippen molar-refractivity contribution in [3.63, 3.8) is 0 Å². The SMILES string of the molecule is O=C(CC1=CC(=Cc2ccc(C(=O)O)cc2)c2ccc(F)cc21)NCc1ccc(C(=O)c2ccccc2)cc1. The molecule has 5 nitrogen and oxygen atoms in total. The van der Waals surface area contributed by atoms with Crippen LogP contribution in [0.25, 0.3) is 17.2 Å². The van der Waals surface area contributed by atoms with E-state index in [0.29, 0.717) is 28.8 Å². The number of ketones is 1. The number of amides is 1. The second-order valence-corrected chi connectivity index (χ2v) is 9.23. The number of rotatable bonds is 8. The molecule has 0 radical (unpaired) electrons. The molecule has 4 aromatic carbocycles. The van der Waals surface area contributed by atoms with E-state index < -0.39 is 11.8 Å². The maximum atomic E-state index is 14.1. The van der Waals surface area contributed by atoms with Gasteiger partial charge in [-0.2, -0.15) is 0 Å². The first-order valence-corrected chi connectivity index (χ1v) is 12.4. The van der Waals surface area contributed by atoms with E-state index in [-0.39, 0.29) is 23.7 Å². The van der Waals surface area contributed by atoms with Gasteiger partial charge in [-0.3, -0.25) is 9.59 Å². The fourth-order valence-corrected chi connectivity index (χ4v) is 4.51. The molecule has 1 aliphatic carbocycles. The van der Waals surface area contributed by atoms with Crippen molar-refractivity contribution in [3.8, 4) is 0 Å². The third-order valence-corrected chi connectivity index (χ3v) is 6.54. The molecule has 0 saturated carbocycles. The molecular formula is C33H24FNO4. The van der Waals surface area contributed by atoms with E-state index >= 15 is 0 Å². The Hall–Kier alpha value is -5.10. The zero-order valence-corrected chi connectivity index (χ0v) is 20.9. The van der Waals surface area contributed by atoms with Gasteiger partial charge in [0, 0.05) is 17.7 Å². The number of benzene rings is 4. The molecule has 0 saturated heterocycles. The van der Waals surface area contributed by atoms with Crippen molar-refractivity contribution in [1.29, 1.82) is 0 Å². The van der Waals surface area contributed by atoms with Gasteiger partial charge in [-0.25, -0.2) is 9.18 Å². The Morgan fingerprint density at radius 3 is 2.13 bits per heavy atom. The van der Waals surface area contributed by atoms with Gasteiger partial charge < -0.3 is 10.4 Å². The van der Waals surface area contributed by atoms with Crippen LogP contribution in [0.2, 0.25) is 0 Å². The van der Waals surface area contributed by atoms with E-state index in [1.807, 2.05) is 42.5 Å². The highest BCUT2D eigenvalue weighted by atomic mass is 19.1. The Morgan fingerprint density at radius 2 is 1.44 bits per heavy atom. The van der Waals surface area contributed by atoms with Crippen LogP contribution in [0.3, 0.4) is 0 Å². The lowest BCUT2D eigenvalue weighted by molar-refractivity contribution is -0.120. The molecule has 0 unspecified atom stereocenters. The quantitative estimate of drug-likeness (QED) is 0.265. The van der Waals surface area contributed by atoms with Crippen LogP contribution in [0.1, 0.15) is 55.0 Å². The third kappa shape index (κ3) is 5.91. The van der Waals surface area contributed by atoms with Gasteiger partial charge in [0.25, 0.3) is 0 Å². The van der Waals surface area contributed by atoms with Gasteiger partial charge in [0.1, 0.15) is 5.82 Å². The summed E-state index contributed by atoms with van der Waals surface area (Å²) < 4.78 is 14.1. The molecule has 192 valence electrons. The summed E-state index contributed by atoms with van der Waals surface area (Å²) >= 11 is 0. The second kappa shape index (κ2) is 11.1. The average Bonchev–Trinajstić information content (AvgIpc) is 3.28. The zero-order chi connectivity index (χ0) is 27.4. The summed E-state index contributed by atoms with van der Waals surface area (Å²) in [7, 11) is 0. The van der Waals surface area contributed by atoms with Crippen LogP contribution in [-0.2, 0) is 11.3 Å². The minimum atomic E-state index is -0.999. The van der Waals surface area contributed by atoms with Crippen LogP contribution in [0.5, 0.6) is 0 Å². The van der Waals surface area contributed by atoms with E-state index in [4.69, 9.17) is 5.11 Å². The third-order valence-electron chi connectivity index (χ3n) is 6.54. The highest BCUT2D eigenvalue weighted by Crippen LogP contribution is 2.38. The standard InChI is InChI=1S/C33H24FNO4/c34-28-14-15-29-26(16-21-6-12-25(13-7-21)33(38)39)17-27(30(29)19-28)18-31(36)35-20-22-8-10-24(11-9-22)32(37)23-4-2-1-3-5-23/h1-17,19H,18,20H2,(H,35,36)(H,38,39). The number of carbonyl (C=O) groups excluding carboxylic acids is 2. The number of nitrogens with one attached hydrogen (secondary N) is 1. The fraction of sp³-hybridized carbons (Fsp3) is 0.0606. The number of allylic oxidation sites excluding steroid dienone is 2. The van der Waals surface area contributed by atoms with Gasteiger partial charge in [0.15, 0.2) is 5.78 Å². The summed E-state index contributed by atoms with van der Waals surface area (Å²) in [5.74, 6) is -1.67. The number of halogens is 1. The Kier molecular flexibility index (Phi) is 7.28. The molecular weight excluding hydrogens is 493 g/mol. The van der Waals surface area contributed by atoms with Gasteiger partial charge in [-0.15, -0.1) is 0 Å². The number of carbonyl (C=O) groups is 3. The molecule has 0 aromatic heterocycles. The fourth-order valence-electron chi connectivity index (χ4n) is 4.51. The molecule has 0 bridgehead atoms. The predicted octanol–water partition coefficient (Wildman–Crippen LogP) is 6.40. The van der Waals surface area contributed by atoms with Gasteiger partial charge >= 0.3 is 5.97 Å². The lowest BCUT2D eigenvalue weighted by atomic mass is 10.0. The molecule has 0 aliphatic heterocycles. The van der Waals surface area contributed by atoms with Crippen LogP contribution in [0, 0.1) is 5.82 Å². The largest absolute Gasteiger partial charge is 0.478 e. The van der Waals surface area contributed by atoms with Gasteiger partial charge in [-0.1, -0.05) is 72.8 Å². The number of hydrogen-bond donors (Lipinski definition) is 2. The normalized spacial score (nSPS) is 13.1. The lowest BCUT2D eigenvalue weighted by Crippen LogP contribution is -2.22.